The highest BCUT2D eigenvalue weighted by atomic mass is 16.6. The molecule has 0 atom stereocenters. The average molecular weight is 379 g/mol. The van der Waals surface area contributed by atoms with Gasteiger partial charge in [0.1, 0.15) is 6.54 Å². The zero-order chi connectivity index (χ0) is 18.9. The first-order valence-electron chi connectivity index (χ1n) is 9.99. The molecule has 1 aliphatic rings. The monoisotopic (exact) mass is 378 g/mol. The molecule has 0 aliphatic carbocycles. The van der Waals surface area contributed by atoms with Crippen LogP contribution in [0.5, 0.6) is 0 Å². The first kappa shape index (κ1) is 23.8. The van der Waals surface area contributed by atoms with Crippen LogP contribution in [0.3, 0.4) is 0 Å². The van der Waals surface area contributed by atoms with Gasteiger partial charge in [0, 0.05) is 0 Å². The van der Waals surface area contributed by atoms with Crippen molar-refractivity contribution in [2.45, 2.75) is 19.8 Å². The second-order valence-corrected chi connectivity index (χ2v) is 7.26. The molecule has 0 bridgehead atoms. The maximum atomic E-state index is 8.54. The van der Waals surface area contributed by atoms with Gasteiger partial charge < -0.3 is 33.3 Å². The number of rotatable bonds is 17. The molecule has 1 heterocycles. The lowest BCUT2D eigenvalue weighted by atomic mass is 9.97. The summed E-state index contributed by atoms with van der Waals surface area (Å²) in [6.07, 6.45) is 2.67. The molecule has 1 N–H and O–H groups in total. The number of hydrogen-bond donors (Lipinski definition) is 1. The van der Waals surface area contributed by atoms with Crippen LogP contribution in [0.15, 0.2) is 0 Å². The molecule has 0 saturated carbocycles. The summed E-state index contributed by atoms with van der Waals surface area (Å²) in [5.41, 5.74) is 0. The molecule has 0 unspecified atom stereocenters. The maximum absolute atomic E-state index is 8.54. The number of aliphatic hydroxyl groups excluding tert-OH is 1. The van der Waals surface area contributed by atoms with Crippen molar-refractivity contribution in [1.82, 2.24) is 0 Å². The lowest BCUT2D eigenvalue weighted by Gasteiger charge is -2.39. The van der Waals surface area contributed by atoms with Crippen LogP contribution in [0.1, 0.15) is 19.8 Å². The third-order valence-corrected chi connectivity index (χ3v) is 4.82. The summed E-state index contributed by atoms with van der Waals surface area (Å²) in [4.78, 5) is 0. The molecule has 0 radical (unpaired) electrons. The molecule has 0 spiro atoms. The van der Waals surface area contributed by atoms with Crippen LogP contribution in [0.4, 0.5) is 0 Å². The minimum Gasteiger partial charge on any atom is -0.394 e. The van der Waals surface area contributed by atoms with Crippen LogP contribution in [-0.2, 0) is 23.7 Å². The maximum Gasteiger partial charge on any atom is 0.102 e. The van der Waals surface area contributed by atoms with Gasteiger partial charge in [0.05, 0.1) is 92.8 Å². The average Bonchev–Trinajstić information content (AvgIpc) is 2.64. The molecule has 1 fully saturated rings. The summed E-state index contributed by atoms with van der Waals surface area (Å²) >= 11 is 0. The highest BCUT2D eigenvalue weighted by molar-refractivity contribution is 4.59. The Bertz CT molecular complexity index is 310. The van der Waals surface area contributed by atoms with E-state index in [0.29, 0.717) is 59.5 Å². The van der Waals surface area contributed by atoms with Crippen molar-refractivity contribution >= 4 is 0 Å². The number of ether oxygens (including phenoxy) is 5. The number of likely N-dealkylation sites (tertiary alicyclic amines) is 1. The van der Waals surface area contributed by atoms with Crippen LogP contribution in [-0.4, -0.2) is 109 Å². The number of piperidine rings is 1. The second-order valence-electron chi connectivity index (χ2n) is 7.26. The summed E-state index contributed by atoms with van der Waals surface area (Å²) in [7, 11) is 2.34. The summed E-state index contributed by atoms with van der Waals surface area (Å²) in [6.45, 7) is 11.7. The fourth-order valence-corrected chi connectivity index (χ4v) is 2.88. The van der Waals surface area contributed by atoms with E-state index in [2.05, 4.69) is 14.0 Å². The van der Waals surface area contributed by atoms with E-state index in [-0.39, 0.29) is 6.61 Å². The predicted molar refractivity (Wildman–Crippen MR) is 100 cm³/mol. The van der Waals surface area contributed by atoms with Gasteiger partial charge in [-0.05, 0) is 18.8 Å². The minimum absolute atomic E-state index is 0.0477. The largest absolute Gasteiger partial charge is 0.394 e. The summed E-state index contributed by atoms with van der Waals surface area (Å²) in [5, 5.41) is 8.54. The van der Waals surface area contributed by atoms with Crippen molar-refractivity contribution in [3.8, 4) is 0 Å². The molecule has 1 saturated heterocycles. The molecule has 156 valence electrons. The van der Waals surface area contributed by atoms with E-state index < -0.39 is 0 Å². The first-order valence-corrected chi connectivity index (χ1v) is 9.99. The number of quaternary nitrogens is 1. The predicted octanol–water partition coefficient (Wildman–Crippen LogP) is 0.938. The fourth-order valence-electron chi connectivity index (χ4n) is 2.88. The fraction of sp³-hybridized carbons (Fsp3) is 1.00. The molecular weight excluding hydrogens is 338 g/mol. The zero-order valence-corrected chi connectivity index (χ0v) is 16.8. The van der Waals surface area contributed by atoms with Gasteiger partial charge in [0.15, 0.2) is 0 Å². The van der Waals surface area contributed by atoms with Crippen LogP contribution in [0.2, 0.25) is 0 Å². The van der Waals surface area contributed by atoms with E-state index in [1.165, 1.54) is 25.9 Å². The van der Waals surface area contributed by atoms with Crippen LogP contribution in [0, 0.1) is 5.92 Å². The molecule has 26 heavy (non-hydrogen) atoms. The Morgan fingerprint density at radius 3 is 1.50 bits per heavy atom. The Kier molecular flexibility index (Phi) is 14.4. The van der Waals surface area contributed by atoms with E-state index in [1.54, 1.807) is 0 Å². The Morgan fingerprint density at radius 2 is 1.08 bits per heavy atom. The van der Waals surface area contributed by atoms with Crippen molar-refractivity contribution in [2.24, 2.45) is 5.92 Å². The second kappa shape index (κ2) is 15.7. The van der Waals surface area contributed by atoms with Crippen molar-refractivity contribution in [3.05, 3.63) is 0 Å². The van der Waals surface area contributed by atoms with Crippen molar-refractivity contribution in [1.29, 1.82) is 0 Å². The molecule has 0 aromatic heterocycles. The van der Waals surface area contributed by atoms with E-state index >= 15 is 0 Å². The van der Waals surface area contributed by atoms with Crippen LogP contribution < -0.4 is 0 Å². The third-order valence-electron chi connectivity index (χ3n) is 4.82. The van der Waals surface area contributed by atoms with Crippen molar-refractivity contribution < 1.29 is 33.3 Å². The summed E-state index contributed by atoms with van der Waals surface area (Å²) in [6, 6.07) is 0. The van der Waals surface area contributed by atoms with Gasteiger partial charge in [-0.2, -0.15) is 0 Å². The van der Waals surface area contributed by atoms with E-state index in [9.17, 15) is 0 Å². The highest BCUT2D eigenvalue weighted by Crippen LogP contribution is 2.20. The zero-order valence-electron chi connectivity index (χ0n) is 16.8. The van der Waals surface area contributed by atoms with Gasteiger partial charge in [-0.3, -0.25) is 0 Å². The first-order chi connectivity index (χ1) is 12.7. The number of likely N-dealkylation sites (N-methyl/N-ethyl adjacent to an activating group) is 1. The number of aliphatic hydroxyl groups is 1. The van der Waals surface area contributed by atoms with E-state index in [4.69, 9.17) is 28.8 Å². The smallest absolute Gasteiger partial charge is 0.102 e. The Balaban J connectivity index is 1.75. The number of hydrogen-bond acceptors (Lipinski definition) is 6. The van der Waals surface area contributed by atoms with Crippen LogP contribution in [0.25, 0.3) is 0 Å². The lowest BCUT2D eigenvalue weighted by molar-refractivity contribution is -0.915. The Labute approximate surface area is 159 Å². The molecular formula is C19H40NO6+. The molecule has 0 aromatic rings. The molecule has 1 aliphatic heterocycles. The normalized spacial score (nSPS) is 23.4. The molecule has 0 amide bonds. The van der Waals surface area contributed by atoms with Gasteiger partial charge in [-0.15, -0.1) is 0 Å². The standard InChI is InChI=1S/C19H40NO6/c1-19-3-5-20(2,6-4-19)7-9-22-11-13-24-15-17-26-18-16-25-14-12-23-10-8-21/h19,21H,3-18H2,1-2H3/q+1. The van der Waals surface area contributed by atoms with Gasteiger partial charge in [0.2, 0.25) is 0 Å². The molecule has 7 nitrogen and oxygen atoms in total. The molecule has 0 aromatic carbocycles. The molecule has 1 rings (SSSR count). The third kappa shape index (κ3) is 13.0. The summed E-state index contributed by atoms with van der Waals surface area (Å²) in [5.74, 6) is 0.884. The minimum atomic E-state index is 0.0477. The molecule has 7 heteroatoms. The van der Waals surface area contributed by atoms with Gasteiger partial charge >= 0.3 is 0 Å². The van der Waals surface area contributed by atoms with Gasteiger partial charge in [-0.25, -0.2) is 0 Å². The topological polar surface area (TPSA) is 66.4 Å². The van der Waals surface area contributed by atoms with Crippen LogP contribution >= 0.6 is 0 Å². The number of nitrogens with zero attached hydrogens (tertiary/aromatic N) is 1. The van der Waals surface area contributed by atoms with E-state index in [1.807, 2.05) is 0 Å². The Hall–Kier alpha value is -0.280. The van der Waals surface area contributed by atoms with Crippen molar-refractivity contribution in [2.75, 3.05) is 99.4 Å². The lowest BCUT2D eigenvalue weighted by Crippen LogP contribution is -2.51. The van der Waals surface area contributed by atoms with Gasteiger partial charge in [-0.1, -0.05) is 6.92 Å². The highest BCUT2D eigenvalue weighted by Gasteiger charge is 2.27. The van der Waals surface area contributed by atoms with Crippen molar-refractivity contribution in [3.63, 3.8) is 0 Å². The summed E-state index contributed by atoms with van der Waals surface area (Å²) < 4.78 is 28.2. The quantitative estimate of drug-likeness (QED) is 0.300. The SMILES string of the molecule is CC1CC[N+](C)(CCOCCOCCOCCOCCOCCO)CC1. The van der Waals surface area contributed by atoms with E-state index in [0.717, 1.165) is 23.6 Å². The Morgan fingerprint density at radius 1 is 0.692 bits per heavy atom. The van der Waals surface area contributed by atoms with Gasteiger partial charge in [0.25, 0.3) is 0 Å².